The van der Waals surface area contributed by atoms with Crippen molar-refractivity contribution in [1.82, 2.24) is 15.0 Å². The number of aromatic nitrogens is 3. The van der Waals surface area contributed by atoms with E-state index in [4.69, 9.17) is 0 Å². The summed E-state index contributed by atoms with van der Waals surface area (Å²) in [4.78, 5) is 26.7. The summed E-state index contributed by atoms with van der Waals surface area (Å²) in [6.07, 6.45) is -1.20. The molecule has 0 fully saturated rings. The molecule has 1 amide bonds. The lowest BCUT2D eigenvalue weighted by atomic mass is 10.1. The lowest BCUT2D eigenvalue weighted by Gasteiger charge is -2.18. The van der Waals surface area contributed by atoms with Gasteiger partial charge in [0.15, 0.2) is 5.82 Å². The molecule has 0 aliphatic carbocycles. The molecule has 2 aromatic heterocycles. The number of nitrogens with one attached hydrogen (secondary N) is 1. The zero-order valence-electron chi connectivity index (χ0n) is 16.7. The van der Waals surface area contributed by atoms with Gasteiger partial charge in [-0.2, -0.15) is 13.2 Å². The number of likely N-dealkylation sites (N-methyl/N-ethyl adjacent to an activating group) is 1. The van der Waals surface area contributed by atoms with Gasteiger partial charge in [-0.25, -0.2) is 9.97 Å². The fourth-order valence-corrected chi connectivity index (χ4v) is 2.71. The number of rotatable bonds is 5. The first kappa shape index (κ1) is 21.2. The maximum atomic E-state index is 12.8. The van der Waals surface area contributed by atoms with Crippen LogP contribution in [-0.2, 0) is 11.0 Å². The van der Waals surface area contributed by atoms with E-state index in [-0.39, 0.29) is 18.3 Å². The van der Waals surface area contributed by atoms with Crippen molar-refractivity contribution >= 4 is 17.4 Å². The number of halogens is 3. The number of hydrogen-bond acceptors (Lipinski definition) is 5. The highest BCUT2D eigenvalue weighted by Crippen LogP contribution is 2.31. The molecule has 0 atom stereocenters. The summed E-state index contributed by atoms with van der Waals surface area (Å²) in [6, 6.07) is 8.16. The summed E-state index contributed by atoms with van der Waals surface area (Å²) in [6.45, 7) is 3.57. The number of carbonyl (C=O) groups is 1. The van der Waals surface area contributed by atoms with Crippen molar-refractivity contribution in [2.24, 2.45) is 0 Å². The zero-order valence-corrected chi connectivity index (χ0v) is 16.7. The van der Waals surface area contributed by atoms with Gasteiger partial charge < -0.3 is 10.2 Å². The minimum atomic E-state index is -4.41. The Morgan fingerprint density at radius 1 is 1.10 bits per heavy atom. The summed E-state index contributed by atoms with van der Waals surface area (Å²) in [5.41, 5.74) is 1.79. The Kier molecular flexibility index (Phi) is 6.00. The fraction of sp³-hybridized carbons (Fsp3) is 0.238. The van der Waals surface area contributed by atoms with Crippen LogP contribution in [0.5, 0.6) is 0 Å². The topological polar surface area (TPSA) is 71.0 Å². The molecule has 1 N–H and O–H groups in total. The molecule has 3 rings (SSSR count). The Morgan fingerprint density at radius 2 is 1.80 bits per heavy atom. The van der Waals surface area contributed by atoms with Crippen LogP contribution in [-0.4, -0.2) is 34.5 Å². The number of carbonyl (C=O) groups excluding carboxylic acids is 1. The van der Waals surface area contributed by atoms with Gasteiger partial charge in [-0.05, 0) is 38.1 Å². The number of benzene rings is 1. The average molecular weight is 415 g/mol. The van der Waals surface area contributed by atoms with E-state index in [1.165, 1.54) is 17.0 Å². The molecule has 30 heavy (non-hydrogen) atoms. The second-order valence-corrected chi connectivity index (χ2v) is 6.70. The van der Waals surface area contributed by atoms with E-state index in [2.05, 4.69) is 20.3 Å². The van der Waals surface area contributed by atoms with Crippen molar-refractivity contribution in [3.05, 3.63) is 65.6 Å². The summed E-state index contributed by atoms with van der Waals surface area (Å²) in [7, 11) is 1.65. The van der Waals surface area contributed by atoms with Crippen LogP contribution >= 0.6 is 0 Å². The highest BCUT2D eigenvalue weighted by atomic mass is 19.4. The number of alkyl halides is 3. The minimum Gasteiger partial charge on any atom is -0.361 e. The summed E-state index contributed by atoms with van der Waals surface area (Å²) in [5.74, 6) is 0.530. The first-order valence-corrected chi connectivity index (χ1v) is 9.10. The Labute approximate surface area is 171 Å². The Morgan fingerprint density at radius 3 is 2.40 bits per heavy atom. The van der Waals surface area contributed by atoms with Crippen LogP contribution in [0, 0.1) is 13.8 Å². The molecular weight excluding hydrogens is 395 g/mol. The molecule has 2 heterocycles. The molecule has 1 aromatic carbocycles. The van der Waals surface area contributed by atoms with Crippen LogP contribution in [0.4, 0.5) is 24.7 Å². The van der Waals surface area contributed by atoms with Crippen molar-refractivity contribution in [3.8, 4) is 11.4 Å². The second-order valence-electron chi connectivity index (χ2n) is 6.70. The van der Waals surface area contributed by atoms with Crippen LogP contribution < -0.4 is 10.2 Å². The zero-order chi connectivity index (χ0) is 21.9. The normalized spacial score (nSPS) is 11.3. The van der Waals surface area contributed by atoms with Crippen LogP contribution in [0.3, 0.4) is 0 Å². The molecule has 0 saturated heterocycles. The van der Waals surface area contributed by atoms with Crippen LogP contribution in [0.1, 0.15) is 16.8 Å². The van der Waals surface area contributed by atoms with Crippen molar-refractivity contribution < 1.29 is 18.0 Å². The van der Waals surface area contributed by atoms with E-state index in [1.807, 2.05) is 6.92 Å². The first-order chi connectivity index (χ1) is 14.2. The van der Waals surface area contributed by atoms with Crippen LogP contribution in [0.15, 0.2) is 48.8 Å². The highest BCUT2D eigenvalue weighted by molar-refractivity contribution is 5.95. The SMILES string of the molecule is Cc1nc(-c2ccc(C(F)(F)F)cc2)nc(NCC(=O)N(C)c2cccnc2)c1C. The largest absolute Gasteiger partial charge is 0.416 e. The quantitative estimate of drug-likeness (QED) is 0.675. The molecule has 3 aromatic rings. The molecule has 0 radical (unpaired) electrons. The third-order valence-corrected chi connectivity index (χ3v) is 4.67. The van der Waals surface area contributed by atoms with Crippen molar-refractivity contribution in [3.63, 3.8) is 0 Å². The van der Waals surface area contributed by atoms with E-state index in [9.17, 15) is 18.0 Å². The Bertz CT molecular complexity index is 1040. The first-order valence-electron chi connectivity index (χ1n) is 9.10. The number of hydrogen-bond donors (Lipinski definition) is 1. The molecule has 0 bridgehead atoms. The number of pyridine rings is 1. The van der Waals surface area contributed by atoms with Gasteiger partial charge in [0.2, 0.25) is 5.91 Å². The third-order valence-electron chi connectivity index (χ3n) is 4.67. The van der Waals surface area contributed by atoms with Gasteiger partial charge in [-0.15, -0.1) is 0 Å². The van der Waals surface area contributed by atoms with Crippen molar-refractivity contribution in [2.45, 2.75) is 20.0 Å². The molecule has 0 unspecified atom stereocenters. The van der Waals surface area contributed by atoms with Gasteiger partial charge >= 0.3 is 6.18 Å². The van der Waals surface area contributed by atoms with Gasteiger partial charge in [0.25, 0.3) is 0 Å². The maximum absolute atomic E-state index is 12.8. The summed E-state index contributed by atoms with van der Waals surface area (Å²) >= 11 is 0. The number of anilines is 2. The molecule has 0 aliphatic heterocycles. The van der Waals surface area contributed by atoms with E-state index in [0.29, 0.717) is 22.8 Å². The fourth-order valence-electron chi connectivity index (χ4n) is 2.71. The van der Waals surface area contributed by atoms with Crippen molar-refractivity contribution in [1.29, 1.82) is 0 Å². The summed E-state index contributed by atoms with van der Waals surface area (Å²) in [5, 5.41) is 3.01. The Balaban J connectivity index is 1.79. The number of aryl methyl sites for hydroxylation is 1. The van der Waals surface area contributed by atoms with Gasteiger partial charge in [0, 0.05) is 30.1 Å². The molecule has 0 saturated carbocycles. The van der Waals surface area contributed by atoms with E-state index >= 15 is 0 Å². The Hall–Kier alpha value is -3.49. The molecule has 6 nitrogen and oxygen atoms in total. The minimum absolute atomic E-state index is 0.0187. The van der Waals surface area contributed by atoms with Gasteiger partial charge in [0.05, 0.1) is 24.0 Å². The maximum Gasteiger partial charge on any atom is 0.416 e. The molecule has 0 aliphatic rings. The second kappa shape index (κ2) is 8.48. The van der Waals surface area contributed by atoms with E-state index in [0.717, 1.165) is 17.7 Å². The standard InChI is InChI=1S/C21H20F3N5O/c1-13-14(2)27-20(15-6-8-16(9-7-15)21(22,23)24)28-19(13)26-12-18(30)29(3)17-5-4-10-25-11-17/h4-11H,12H2,1-3H3,(H,26,27,28). The predicted molar refractivity (Wildman–Crippen MR) is 108 cm³/mol. The number of nitrogens with zero attached hydrogens (tertiary/aromatic N) is 4. The van der Waals surface area contributed by atoms with Crippen LogP contribution in [0.2, 0.25) is 0 Å². The summed E-state index contributed by atoms with van der Waals surface area (Å²) < 4.78 is 38.4. The lowest BCUT2D eigenvalue weighted by molar-refractivity contribution is -0.137. The van der Waals surface area contributed by atoms with Crippen molar-refractivity contribution in [2.75, 3.05) is 23.8 Å². The number of amides is 1. The third kappa shape index (κ3) is 4.73. The molecule has 9 heteroatoms. The van der Waals surface area contributed by atoms with Gasteiger partial charge in [-0.1, -0.05) is 12.1 Å². The highest BCUT2D eigenvalue weighted by Gasteiger charge is 2.30. The molecular formula is C21H20F3N5O. The predicted octanol–water partition coefficient (Wildman–Crippen LogP) is 4.25. The lowest BCUT2D eigenvalue weighted by Crippen LogP contribution is -2.32. The molecule has 156 valence electrons. The smallest absolute Gasteiger partial charge is 0.361 e. The van der Waals surface area contributed by atoms with Gasteiger partial charge in [-0.3, -0.25) is 9.78 Å². The monoisotopic (exact) mass is 415 g/mol. The van der Waals surface area contributed by atoms with E-state index in [1.54, 1.807) is 38.5 Å². The molecule has 0 spiro atoms. The van der Waals surface area contributed by atoms with E-state index < -0.39 is 11.7 Å². The average Bonchev–Trinajstić information content (AvgIpc) is 2.74. The van der Waals surface area contributed by atoms with Crippen LogP contribution in [0.25, 0.3) is 11.4 Å². The van der Waals surface area contributed by atoms with Gasteiger partial charge in [0.1, 0.15) is 5.82 Å².